The summed E-state index contributed by atoms with van der Waals surface area (Å²) in [5.41, 5.74) is -0.596. The smallest absolute Gasteiger partial charge is 0.329 e. The highest BCUT2D eigenvalue weighted by atomic mass is 16.5. The van der Waals surface area contributed by atoms with E-state index in [0.717, 1.165) is 5.59 Å². The van der Waals surface area contributed by atoms with Crippen molar-refractivity contribution in [2.24, 2.45) is 0 Å². The molecule has 0 aliphatic carbocycles. The van der Waals surface area contributed by atoms with Crippen LogP contribution in [0.3, 0.4) is 0 Å². The Morgan fingerprint density at radius 2 is 1.93 bits per heavy atom. The summed E-state index contributed by atoms with van der Waals surface area (Å²) in [6.45, 7) is 7.22. The molecule has 0 radical (unpaired) electrons. The quantitative estimate of drug-likeness (QED) is 0.736. The minimum atomic E-state index is -0.873. The molecule has 0 saturated carbocycles. The van der Waals surface area contributed by atoms with Gasteiger partial charge in [-0.3, -0.25) is 4.98 Å². The normalized spacial score (nSPS) is 12.6. The maximum Gasteiger partial charge on any atom is 0.329 e. The van der Waals surface area contributed by atoms with E-state index in [1.165, 1.54) is 0 Å². The van der Waals surface area contributed by atoms with E-state index >= 15 is 0 Å². The van der Waals surface area contributed by atoms with Gasteiger partial charge in [0.25, 0.3) is 0 Å². The number of hydrogen-bond acceptors (Lipinski definition) is 3. The summed E-state index contributed by atoms with van der Waals surface area (Å²) in [7, 11) is 0.415. The standard InChI is InChI=1S/C11H18BNO2/c1-10(2,14)11(3,4)15-12-9-7-5-6-8-13-9/h5-8,12,14H,1-4H3. The summed E-state index contributed by atoms with van der Waals surface area (Å²) in [5.74, 6) is 0. The third kappa shape index (κ3) is 3.32. The third-order valence-electron chi connectivity index (χ3n) is 2.78. The van der Waals surface area contributed by atoms with Gasteiger partial charge in [0.15, 0.2) is 0 Å². The van der Waals surface area contributed by atoms with E-state index in [1.807, 2.05) is 32.0 Å². The summed E-state index contributed by atoms with van der Waals surface area (Å²) in [6, 6.07) is 5.69. The first kappa shape index (κ1) is 12.2. The van der Waals surface area contributed by atoms with Crippen molar-refractivity contribution in [3.63, 3.8) is 0 Å². The Hall–Kier alpha value is -0.865. The number of aliphatic hydroxyl groups is 1. The fraction of sp³-hybridized carbons (Fsp3) is 0.545. The Bertz CT molecular complexity index is 306. The van der Waals surface area contributed by atoms with Crippen LogP contribution in [-0.2, 0) is 4.65 Å². The van der Waals surface area contributed by atoms with Crippen molar-refractivity contribution in [3.8, 4) is 0 Å². The molecule has 1 rings (SSSR count). The average molecular weight is 207 g/mol. The SMILES string of the molecule is CC(C)(O)C(C)(C)OBc1ccccn1. The number of rotatable bonds is 4. The van der Waals surface area contributed by atoms with Crippen molar-refractivity contribution in [3.05, 3.63) is 24.4 Å². The molecule has 4 heteroatoms. The van der Waals surface area contributed by atoms with E-state index in [2.05, 4.69) is 4.98 Å². The van der Waals surface area contributed by atoms with E-state index in [1.54, 1.807) is 20.0 Å². The molecule has 0 atom stereocenters. The van der Waals surface area contributed by atoms with Crippen LogP contribution in [0.5, 0.6) is 0 Å². The van der Waals surface area contributed by atoms with Gasteiger partial charge in [-0.2, -0.15) is 0 Å². The minimum Gasteiger partial charge on any atom is -0.425 e. The van der Waals surface area contributed by atoms with Crippen LogP contribution in [0.4, 0.5) is 0 Å². The lowest BCUT2D eigenvalue weighted by molar-refractivity contribution is -0.0893. The molecule has 1 aromatic rings. The second-order valence-electron chi connectivity index (χ2n) is 4.68. The first-order valence-electron chi connectivity index (χ1n) is 5.09. The number of hydrogen-bond donors (Lipinski definition) is 1. The number of nitrogens with zero attached hydrogens (tertiary/aromatic N) is 1. The van der Waals surface area contributed by atoms with Crippen LogP contribution in [0, 0.1) is 0 Å². The lowest BCUT2D eigenvalue weighted by Crippen LogP contribution is -2.49. The Labute approximate surface area is 91.8 Å². The lowest BCUT2D eigenvalue weighted by Gasteiger charge is -2.37. The lowest BCUT2D eigenvalue weighted by atomic mass is 9.85. The van der Waals surface area contributed by atoms with Gasteiger partial charge >= 0.3 is 7.48 Å². The summed E-state index contributed by atoms with van der Waals surface area (Å²) in [4.78, 5) is 4.16. The van der Waals surface area contributed by atoms with Crippen molar-refractivity contribution in [1.29, 1.82) is 0 Å². The molecule has 15 heavy (non-hydrogen) atoms. The molecule has 1 N–H and O–H groups in total. The third-order valence-corrected chi connectivity index (χ3v) is 2.78. The summed E-state index contributed by atoms with van der Waals surface area (Å²) in [6.07, 6.45) is 1.73. The summed E-state index contributed by atoms with van der Waals surface area (Å²) < 4.78 is 5.67. The molecule has 1 heterocycles. The monoisotopic (exact) mass is 207 g/mol. The second-order valence-corrected chi connectivity index (χ2v) is 4.68. The van der Waals surface area contributed by atoms with Crippen LogP contribution < -0.4 is 5.59 Å². The van der Waals surface area contributed by atoms with E-state index in [9.17, 15) is 5.11 Å². The number of pyridine rings is 1. The summed E-state index contributed by atoms with van der Waals surface area (Å²) in [5, 5.41) is 9.88. The molecule has 0 fully saturated rings. The van der Waals surface area contributed by atoms with E-state index in [4.69, 9.17) is 4.65 Å². The van der Waals surface area contributed by atoms with Crippen molar-refractivity contribution in [2.75, 3.05) is 0 Å². The highest BCUT2D eigenvalue weighted by Crippen LogP contribution is 2.23. The predicted octanol–water partition coefficient (Wildman–Crippen LogP) is 0.624. The van der Waals surface area contributed by atoms with Gasteiger partial charge < -0.3 is 9.76 Å². The van der Waals surface area contributed by atoms with Crippen molar-refractivity contribution in [2.45, 2.75) is 38.9 Å². The van der Waals surface area contributed by atoms with Gasteiger partial charge in [0.05, 0.1) is 11.2 Å². The van der Waals surface area contributed by atoms with Gasteiger partial charge in [0.1, 0.15) is 0 Å². The first-order chi connectivity index (χ1) is 6.83. The molecule has 0 aromatic carbocycles. The van der Waals surface area contributed by atoms with Crippen LogP contribution in [0.2, 0.25) is 0 Å². The van der Waals surface area contributed by atoms with Gasteiger partial charge in [-0.15, -0.1) is 0 Å². The maximum absolute atomic E-state index is 9.88. The zero-order valence-electron chi connectivity index (χ0n) is 9.82. The molecular weight excluding hydrogens is 189 g/mol. The van der Waals surface area contributed by atoms with E-state index in [-0.39, 0.29) is 0 Å². The molecule has 1 aromatic heterocycles. The highest BCUT2D eigenvalue weighted by molar-refractivity contribution is 6.45. The Balaban J connectivity index is 2.58. The van der Waals surface area contributed by atoms with Gasteiger partial charge in [-0.05, 0) is 39.8 Å². The Morgan fingerprint density at radius 1 is 1.27 bits per heavy atom. The largest absolute Gasteiger partial charge is 0.425 e. The Morgan fingerprint density at radius 3 is 2.40 bits per heavy atom. The van der Waals surface area contributed by atoms with Gasteiger partial charge in [-0.1, -0.05) is 6.07 Å². The first-order valence-corrected chi connectivity index (χ1v) is 5.09. The van der Waals surface area contributed by atoms with Crippen LogP contribution in [0.25, 0.3) is 0 Å². The minimum absolute atomic E-state index is 0.415. The molecule has 3 nitrogen and oxygen atoms in total. The molecule has 0 unspecified atom stereocenters. The second kappa shape index (κ2) is 4.33. The molecule has 0 bridgehead atoms. The fourth-order valence-corrected chi connectivity index (χ4v) is 0.914. The van der Waals surface area contributed by atoms with Crippen molar-refractivity contribution < 1.29 is 9.76 Å². The molecule has 0 spiro atoms. The fourth-order valence-electron chi connectivity index (χ4n) is 0.914. The molecule has 0 aliphatic rings. The van der Waals surface area contributed by atoms with Gasteiger partial charge in [0.2, 0.25) is 0 Å². The topological polar surface area (TPSA) is 42.4 Å². The van der Waals surface area contributed by atoms with Gasteiger partial charge in [-0.25, -0.2) is 0 Å². The molecule has 0 saturated heterocycles. The van der Waals surface area contributed by atoms with E-state index < -0.39 is 11.2 Å². The van der Waals surface area contributed by atoms with Crippen LogP contribution >= 0.6 is 0 Å². The van der Waals surface area contributed by atoms with Crippen molar-refractivity contribution >= 4 is 13.1 Å². The zero-order chi connectivity index (χ0) is 11.5. The molecular formula is C11H18BNO2. The highest BCUT2D eigenvalue weighted by Gasteiger charge is 2.35. The zero-order valence-corrected chi connectivity index (χ0v) is 9.82. The molecule has 0 amide bonds. The maximum atomic E-state index is 9.88. The number of aromatic nitrogens is 1. The van der Waals surface area contributed by atoms with Crippen molar-refractivity contribution in [1.82, 2.24) is 4.98 Å². The Kier molecular flexibility index (Phi) is 3.52. The average Bonchev–Trinajstić information content (AvgIpc) is 2.15. The van der Waals surface area contributed by atoms with Crippen LogP contribution in [0.1, 0.15) is 27.7 Å². The van der Waals surface area contributed by atoms with Gasteiger partial charge in [0, 0.05) is 11.8 Å². The molecule has 82 valence electrons. The molecule has 0 aliphatic heterocycles. The predicted molar refractivity (Wildman–Crippen MR) is 62.5 cm³/mol. The van der Waals surface area contributed by atoms with Crippen LogP contribution in [0.15, 0.2) is 24.4 Å². The van der Waals surface area contributed by atoms with Crippen LogP contribution in [-0.4, -0.2) is 28.8 Å². The summed E-state index contributed by atoms with van der Waals surface area (Å²) >= 11 is 0. The van der Waals surface area contributed by atoms with E-state index in [0.29, 0.717) is 7.48 Å².